The highest BCUT2D eigenvalue weighted by atomic mass is 16.1. The molecule has 0 radical (unpaired) electrons. The molecule has 0 spiro atoms. The van der Waals surface area contributed by atoms with Crippen molar-refractivity contribution in [3.63, 3.8) is 0 Å². The van der Waals surface area contributed by atoms with Gasteiger partial charge in [0.25, 0.3) is 0 Å². The van der Waals surface area contributed by atoms with Crippen LogP contribution in [-0.4, -0.2) is 30.7 Å². The van der Waals surface area contributed by atoms with Crippen LogP contribution in [0, 0.1) is 6.92 Å². The van der Waals surface area contributed by atoms with Crippen molar-refractivity contribution in [1.82, 2.24) is 24.8 Å². The molecular formula is C25H20N6O. The van der Waals surface area contributed by atoms with Crippen LogP contribution < -0.4 is 5.32 Å². The Kier molecular flexibility index (Phi) is 5.13. The van der Waals surface area contributed by atoms with E-state index in [1.165, 1.54) is 0 Å². The minimum atomic E-state index is -0.0477. The average molecular weight is 420 g/mol. The van der Waals surface area contributed by atoms with E-state index in [0.717, 1.165) is 33.6 Å². The second-order valence-electron chi connectivity index (χ2n) is 7.55. The number of aromatic nitrogens is 5. The number of aryl methyl sites for hydroxylation is 1. The molecule has 5 aromatic rings. The van der Waals surface area contributed by atoms with Crippen molar-refractivity contribution in [3.8, 4) is 22.6 Å². The lowest BCUT2D eigenvalue weighted by Gasteiger charge is -2.08. The van der Waals surface area contributed by atoms with Crippen LogP contribution in [0.2, 0.25) is 0 Å². The number of rotatable bonds is 5. The molecule has 0 bridgehead atoms. The number of pyridine rings is 1. The van der Waals surface area contributed by atoms with Crippen molar-refractivity contribution in [2.24, 2.45) is 0 Å². The highest BCUT2D eigenvalue weighted by Gasteiger charge is 2.11. The molecule has 3 heterocycles. The van der Waals surface area contributed by atoms with Crippen LogP contribution >= 0.6 is 0 Å². The smallest absolute Gasteiger partial charge is 0.228 e. The summed E-state index contributed by atoms with van der Waals surface area (Å²) < 4.78 is 1.71. The van der Waals surface area contributed by atoms with E-state index in [1.807, 2.05) is 79.7 Å². The molecule has 1 amide bonds. The molecule has 0 aliphatic rings. The van der Waals surface area contributed by atoms with Gasteiger partial charge >= 0.3 is 0 Å². The summed E-state index contributed by atoms with van der Waals surface area (Å²) in [5.41, 5.74) is 6.09. The Morgan fingerprint density at radius 1 is 0.938 bits per heavy atom. The van der Waals surface area contributed by atoms with Gasteiger partial charge in [-0.05, 0) is 48.9 Å². The first-order valence-corrected chi connectivity index (χ1v) is 10.2. The van der Waals surface area contributed by atoms with Gasteiger partial charge in [0, 0.05) is 29.2 Å². The number of carbonyl (C=O) groups is 1. The highest BCUT2D eigenvalue weighted by molar-refractivity contribution is 5.92. The summed E-state index contributed by atoms with van der Waals surface area (Å²) in [6.07, 6.45) is 3.79. The van der Waals surface area contributed by atoms with Crippen molar-refractivity contribution >= 4 is 17.2 Å². The fraction of sp³-hybridized carbons (Fsp3) is 0.0800. The summed E-state index contributed by atoms with van der Waals surface area (Å²) in [5, 5.41) is 16.1. The van der Waals surface area contributed by atoms with Crippen molar-refractivity contribution in [2.45, 2.75) is 13.3 Å². The maximum absolute atomic E-state index is 12.4. The zero-order chi connectivity index (χ0) is 21.9. The third kappa shape index (κ3) is 4.09. The molecule has 0 unspecified atom stereocenters. The molecule has 0 aliphatic carbocycles. The summed E-state index contributed by atoms with van der Waals surface area (Å²) in [6.45, 7) is 2.02. The Balaban J connectivity index is 1.35. The SMILES string of the molecule is Cc1cccc(CC(=O)Nc2ccc(-c3ccc4nnc(-c5cccnc5)n4n3)cc2)c1. The van der Waals surface area contributed by atoms with Crippen LogP contribution in [0.5, 0.6) is 0 Å². The van der Waals surface area contributed by atoms with Gasteiger partial charge < -0.3 is 5.32 Å². The van der Waals surface area contributed by atoms with Crippen molar-refractivity contribution in [3.05, 3.63) is 96.3 Å². The lowest BCUT2D eigenvalue weighted by Crippen LogP contribution is -2.14. The highest BCUT2D eigenvalue weighted by Crippen LogP contribution is 2.22. The second-order valence-corrected chi connectivity index (χ2v) is 7.55. The van der Waals surface area contributed by atoms with Gasteiger partial charge in [0.1, 0.15) is 0 Å². The van der Waals surface area contributed by atoms with Crippen molar-refractivity contribution in [2.75, 3.05) is 5.32 Å². The van der Waals surface area contributed by atoms with Crippen LogP contribution in [0.15, 0.2) is 85.2 Å². The number of carbonyl (C=O) groups excluding carboxylic acids is 1. The number of hydrogen-bond donors (Lipinski definition) is 1. The predicted octanol–water partition coefficient (Wildman–Crippen LogP) is 4.34. The number of nitrogens with one attached hydrogen (secondary N) is 1. The van der Waals surface area contributed by atoms with E-state index < -0.39 is 0 Å². The van der Waals surface area contributed by atoms with Crippen molar-refractivity contribution in [1.29, 1.82) is 0 Å². The largest absolute Gasteiger partial charge is 0.326 e. The first kappa shape index (κ1) is 19.6. The molecule has 5 rings (SSSR count). The zero-order valence-electron chi connectivity index (χ0n) is 17.4. The molecule has 32 heavy (non-hydrogen) atoms. The Labute approximate surface area is 184 Å². The molecule has 7 nitrogen and oxygen atoms in total. The number of fused-ring (bicyclic) bond motifs is 1. The summed E-state index contributed by atoms with van der Waals surface area (Å²) >= 11 is 0. The molecule has 156 valence electrons. The Hall–Kier alpha value is -4.39. The third-order valence-electron chi connectivity index (χ3n) is 5.09. The number of amides is 1. The number of anilines is 1. The standard InChI is InChI=1S/C25H20N6O/c1-17-4-2-5-18(14-17)15-24(32)27-21-9-7-19(8-10-21)22-11-12-23-28-29-25(31(23)30-22)20-6-3-13-26-16-20/h2-14,16H,15H2,1H3,(H,27,32). The maximum Gasteiger partial charge on any atom is 0.228 e. The van der Waals surface area contributed by atoms with Crippen LogP contribution in [0.4, 0.5) is 5.69 Å². The first-order valence-electron chi connectivity index (χ1n) is 10.2. The summed E-state index contributed by atoms with van der Waals surface area (Å²) in [4.78, 5) is 16.5. The molecule has 0 aliphatic heterocycles. The van der Waals surface area contributed by atoms with E-state index in [9.17, 15) is 4.79 Å². The molecule has 0 saturated heterocycles. The molecular weight excluding hydrogens is 400 g/mol. The summed E-state index contributed by atoms with van der Waals surface area (Å²) in [7, 11) is 0. The van der Waals surface area contributed by atoms with E-state index in [-0.39, 0.29) is 5.91 Å². The number of nitrogens with zero attached hydrogens (tertiary/aromatic N) is 5. The summed E-state index contributed by atoms with van der Waals surface area (Å²) in [6, 6.07) is 23.2. The minimum Gasteiger partial charge on any atom is -0.326 e. The normalized spacial score (nSPS) is 10.9. The van der Waals surface area contributed by atoms with Crippen LogP contribution in [-0.2, 0) is 11.2 Å². The lowest BCUT2D eigenvalue weighted by atomic mass is 10.1. The van der Waals surface area contributed by atoms with Gasteiger partial charge in [-0.2, -0.15) is 9.61 Å². The second kappa shape index (κ2) is 8.39. The maximum atomic E-state index is 12.4. The van der Waals surface area contributed by atoms with Crippen LogP contribution in [0.1, 0.15) is 11.1 Å². The van der Waals surface area contributed by atoms with Gasteiger partial charge in [-0.1, -0.05) is 42.0 Å². The molecule has 0 fully saturated rings. The van der Waals surface area contributed by atoms with Gasteiger partial charge in [0.15, 0.2) is 11.5 Å². The summed E-state index contributed by atoms with van der Waals surface area (Å²) in [5.74, 6) is 0.587. The lowest BCUT2D eigenvalue weighted by molar-refractivity contribution is -0.115. The topological polar surface area (TPSA) is 85.1 Å². The van der Waals surface area contributed by atoms with E-state index in [4.69, 9.17) is 5.10 Å². The molecule has 1 N–H and O–H groups in total. The Bertz CT molecular complexity index is 1390. The van der Waals surface area contributed by atoms with Crippen LogP contribution in [0.3, 0.4) is 0 Å². The van der Waals surface area contributed by atoms with Gasteiger partial charge in [-0.3, -0.25) is 9.78 Å². The minimum absolute atomic E-state index is 0.0477. The quantitative estimate of drug-likeness (QED) is 0.457. The van der Waals surface area contributed by atoms with Gasteiger partial charge in [0.2, 0.25) is 5.91 Å². The average Bonchev–Trinajstić information content (AvgIpc) is 3.23. The Morgan fingerprint density at radius 3 is 2.59 bits per heavy atom. The zero-order valence-corrected chi connectivity index (χ0v) is 17.4. The van der Waals surface area contributed by atoms with E-state index in [2.05, 4.69) is 20.5 Å². The number of hydrogen-bond acceptors (Lipinski definition) is 5. The van der Waals surface area contributed by atoms with Gasteiger partial charge in [0.05, 0.1) is 12.1 Å². The van der Waals surface area contributed by atoms with E-state index in [1.54, 1.807) is 16.9 Å². The predicted molar refractivity (Wildman–Crippen MR) is 123 cm³/mol. The monoisotopic (exact) mass is 420 g/mol. The molecule has 0 saturated carbocycles. The Morgan fingerprint density at radius 2 is 1.81 bits per heavy atom. The van der Waals surface area contributed by atoms with Gasteiger partial charge in [-0.25, -0.2) is 0 Å². The number of benzene rings is 2. The van der Waals surface area contributed by atoms with Gasteiger partial charge in [-0.15, -0.1) is 10.2 Å². The molecule has 7 heteroatoms. The molecule has 0 atom stereocenters. The fourth-order valence-electron chi connectivity index (χ4n) is 3.55. The first-order chi connectivity index (χ1) is 15.7. The van der Waals surface area contributed by atoms with E-state index in [0.29, 0.717) is 17.9 Å². The van der Waals surface area contributed by atoms with E-state index >= 15 is 0 Å². The van der Waals surface area contributed by atoms with Crippen LogP contribution in [0.25, 0.3) is 28.3 Å². The van der Waals surface area contributed by atoms with Crippen molar-refractivity contribution < 1.29 is 4.79 Å². The fourth-order valence-corrected chi connectivity index (χ4v) is 3.55. The molecule has 2 aromatic carbocycles. The molecule has 3 aromatic heterocycles. The third-order valence-corrected chi connectivity index (χ3v) is 5.09.